The smallest absolute Gasteiger partial charge is 0.311 e. The van der Waals surface area contributed by atoms with Gasteiger partial charge in [0.2, 0.25) is 0 Å². The SMILES string of the molecule is COc1ccc(C(C)C)cc1CC(C(=O)O)c1ccccc1C. The minimum Gasteiger partial charge on any atom is -0.496 e. The molecule has 0 saturated carbocycles. The summed E-state index contributed by atoms with van der Waals surface area (Å²) in [7, 11) is 1.62. The third-order valence-electron chi connectivity index (χ3n) is 4.26. The molecule has 1 N–H and O–H groups in total. The molecule has 3 nitrogen and oxygen atoms in total. The van der Waals surface area contributed by atoms with E-state index < -0.39 is 11.9 Å². The van der Waals surface area contributed by atoms with Crippen molar-refractivity contribution in [2.75, 3.05) is 7.11 Å². The minimum absolute atomic E-state index is 0.390. The van der Waals surface area contributed by atoms with Gasteiger partial charge in [0, 0.05) is 0 Å². The summed E-state index contributed by atoms with van der Waals surface area (Å²) in [6, 6.07) is 13.7. The molecule has 0 aliphatic rings. The summed E-state index contributed by atoms with van der Waals surface area (Å²) in [6.07, 6.45) is 0.421. The molecule has 1 unspecified atom stereocenters. The lowest BCUT2D eigenvalue weighted by molar-refractivity contribution is -0.138. The first-order chi connectivity index (χ1) is 10.9. The molecule has 0 fully saturated rings. The molecule has 0 heterocycles. The van der Waals surface area contributed by atoms with E-state index in [9.17, 15) is 9.90 Å². The fraction of sp³-hybridized carbons (Fsp3) is 0.350. The Hall–Kier alpha value is -2.29. The van der Waals surface area contributed by atoms with Crippen LogP contribution in [0.3, 0.4) is 0 Å². The molecule has 0 aromatic heterocycles. The van der Waals surface area contributed by atoms with Crippen LogP contribution >= 0.6 is 0 Å². The highest BCUT2D eigenvalue weighted by molar-refractivity contribution is 5.77. The molecule has 0 amide bonds. The molecule has 0 saturated heterocycles. The number of ether oxygens (including phenoxy) is 1. The second-order valence-electron chi connectivity index (χ2n) is 6.18. The Kier molecular flexibility index (Phi) is 5.43. The molecule has 0 bridgehead atoms. The average Bonchev–Trinajstić information content (AvgIpc) is 2.52. The van der Waals surface area contributed by atoms with E-state index in [4.69, 9.17) is 4.74 Å². The molecule has 0 spiro atoms. The zero-order chi connectivity index (χ0) is 17.0. The second kappa shape index (κ2) is 7.32. The quantitative estimate of drug-likeness (QED) is 0.852. The molecule has 0 aliphatic heterocycles. The molecule has 122 valence electrons. The van der Waals surface area contributed by atoms with Crippen molar-refractivity contribution < 1.29 is 14.6 Å². The maximum Gasteiger partial charge on any atom is 0.311 e. The van der Waals surface area contributed by atoms with Crippen LogP contribution in [0.1, 0.15) is 47.9 Å². The first kappa shape index (κ1) is 17.1. The number of methoxy groups -OCH3 is 1. The van der Waals surface area contributed by atoms with Gasteiger partial charge in [0.05, 0.1) is 13.0 Å². The molecular formula is C20H24O3. The Morgan fingerprint density at radius 2 is 1.87 bits per heavy atom. The number of hydrogen-bond donors (Lipinski definition) is 1. The Labute approximate surface area is 137 Å². The number of carboxylic acids is 1. The minimum atomic E-state index is -0.809. The van der Waals surface area contributed by atoms with Crippen LogP contribution in [0.5, 0.6) is 5.75 Å². The predicted molar refractivity (Wildman–Crippen MR) is 92.3 cm³/mol. The third-order valence-corrected chi connectivity index (χ3v) is 4.26. The Balaban J connectivity index is 2.43. The summed E-state index contributed by atoms with van der Waals surface area (Å²) in [5.74, 6) is -0.251. The van der Waals surface area contributed by atoms with Gasteiger partial charge >= 0.3 is 5.97 Å². The Bertz CT molecular complexity index is 689. The first-order valence-corrected chi connectivity index (χ1v) is 7.89. The van der Waals surface area contributed by atoms with E-state index in [2.05, 4.69) is 19.9 Å². The van der Waals surface area contributed by atoms with Gasteiger partial charge in [0.25, 0.3) is 0 Å². The highest BCUT2D eigenvalue weighted by Crippen LogP contribution is 2.31. The number of rotatable bonds is 6. The summed E-state index contributed by atoms with van der Waals surface area (Å²) in [6.45, 7) is 6.20. The second-order valence-corrected chi connectivity index (χ2v) is 6.18. The maximum atomic E-state index is 11.8. The average molecular weight is 312 g/mol. The van der Waals surface area contributed by atoms with Crippen LogP contribution in [0, 0.1) is 6.92 Å². The van der Waals surface area contributed by atoms with Crippen molar-refractivity contribution in [1.29, 1.82) is 0 Å². The Morgan fingerprint density at radius 3 is 2.43 bits per heavy atom. The third kappa shape index (κ3) is 3.92. The normalized spacial score (nSPS) is 12.2. The van der Waals surface area contributed by atoms with Crippen molar-refractivity contribution in [2.24, 2.45) is 0 Å². The van der Waals surface area contributed by atoms with Gasteiger partial charge in [-0.3, -0.25) is 4.79 Å². The number of benzene rings is 2. The number of aryl methyl sites for hydroxylation is 1. The largest absolute Gasteiger partial charge is 0.496 e. The van der Waals surface area contributed by atoms with Gasteiger partial charge in [-0.15, -0.1) is 0 Å². The molecular weight excluding hydrogens is 288 g/mol. The highest BCUT2D eigenvalue weighted by atomic mass is 16.5. The van der Waals surface area contributed by atoms with Crippen molar-refractivity contribution in [1.82, 2.24) is 0 Å². The van der Waals surface area contributed by atoms with E-state index in [0.717, 1.165) is 22.4 Å². The molecule has 2 aromatic rings. The maximum absolute atomic E-state index is 11.8. The van der Waals surface area contributed by atoms with Crippen molar-refractivity contribution >= 4 is 5.97 Å². The van der Waals surface area contributed by atoms with Gasteiger partial charge < -0.3 is 9.84 Å². The fourth-order valence-corrected chi connectivity index (χ4v) is 2.85. The number of aliphatic carboxylic acids is 1. The van der Waals surface area contributed by atoms with Gasteiger partial charge in [-0.2, -0.15) is 0 Å². The van der Waals surface area contributed by atoms with E-state index in [1.165, 1.54) is 5.56 Å². The zero-order valence-electron chi connectivity index (χ0n) is 14.2. The molecule has 2 aromatic carbocycles. The van der Waals surface area contributed by atoms with Crippen LogP contribution in [0.15, 0.2) is 42.5 Å². The van der Waals surface area contributed by atoms with Gasteiger partial charge in [0.15, 0.2) is 0 Å². The van der Waals surface area contributed by atoms with E-state index in [0.29, 0.717) is 12.3 Å². The number of hydrogen-bond acceptors (Lipinski definition) is 2. The molecule has 0 radical (unpaired) electrons. The van der Waals surface area contributed by atoms with Crippen molar-refractivity contribution in [3.05, 3.63) is 64.7 Å². The fourth-order valence-electron chi connectivity index (χ4n) is 2.85. The highest BCUT2D eigenvalue weighted by Gasteiger charge is 2.23. The van der Waals surface area contributed by atoms with Crippen LogP contribution in [-0.2, 0) is 11.2 Å². The lowest BCUT2D eigenvalue weighted by atomic mass is 9.87. The molecule has 1 atom stereocenters. The topological polar surface area (TPSA) is 46.5 Å². The van der Waals surface area contributed by atoms with Crippen molar-refractivity contribution in [3.63, 3.8) is 0 Å². The Morgan fingerprint density at radius 1 is 1.17 bits per heavy atom. The van der Waals surface area contributed by atoms with Crippen LogP contribution in [0.2, 0.25) is 0 Å². The van der Waals surface area contributed by atoms with E-state index >= 15 is 0 Å². The predicted octanol–water partition coefficient (Wildman–Crippen LogP) is 4.54. The van der Waals surface area contributed by atoms with E-state index in [-0.39, 0.29) is 0 Å². The molecule has 0 aliphatic carbocycles. The van der Waals surface area contributed by atoms with Crippen LogP contribution in [0.25, 0.3) is 0 Å². The van der Waals surface area contributed by atoms with Crippen LogP contribution < -0.4 is 4.74 Å². The molecule has 3 heteroatoms. The van der Waals surface area contributed by atoms with Crippen molar-refractivity contribution in [2.45, 2.75) is 39.0 Å². The lowest BCUT2D eigenvalue weighted by Crippen LogP contribution is -2.16. The summed E-state index contributed by atoms with van der Waals surface area (Å²) < 4.78 is 5.43. The lowest BCUT2D eigenvalue weighted by Gasteiger charge is -2.18. The summed E-state index contributed by atoms with van der Waals surface area (Å²) in [5, 5.41) is 9.71. The molecule has 23 heavy (non-hydrogen) atoms. The van der Waals surface area contributed by atoms with Crippen LogP contribution in [0.4, 0.5) is 0 Å². The number of carbonyl (C=O) groups is 1. The van der Waals surface area contributed by atoms with Crippen LogP contribution in [-0.4, -0.2) is 18.2 Å². The number of carboxylic acid groups (broad SMARTS) is 1. The van der Waals surface area contributed by atoms with Gasteiger partial charge in [-0.25, -0.2) is 0 Å². The zero-order valence-corrected chi connectivity index (χ0v) is 14.2. The summed E-state index contributed by atoms with van der Waals surface area (Å²) >= 11 is 0. The van der Waals surface area contributed by atoms with Gasteiger partial charge in [-0.05, 0) is 47.6 Å². The van der Waals surface area contributed by atoms with Gasteiger partial charge in [0.1, 0.15) is 5.75 Å². The van der Waals surface area contributed by atoms with E-state index in [1.807, 2.05) is 43.3 Å². The first-order valence-electron chi connectivity index (χ1n) is 7.89. The summed E-state index contributed by atoms with van der Waals surface area (Å²) in [4.78, 5) is 11.8. The summed E-state index contributed by atoms with van der Waals surface area (Å²) in [5.41, 5.74) is 3.99. The monoisotopic (exact) mass is 312 g/mol. The van der Waals surface area contributed by atoms with E-state index in [1.54, 1.807) is 7.11 Å². The van der Waals surface area contributed by atoms with Crippen molar-refractivity contribution in [3.8, 4) is 5.75 Å². The molecule has 2 rings (SSSR count). The van der Waals surface area contributed by atoms with Gasteiger partial charge in [-0.1, -0.05) is 50.2 Å². The standard InChI is InChI=1S/C20H24O3/c1-13(2)15-9-10-19(23-4)16(11-15)12-18(20(21)22)17-8-6-5-7-14(17)3/h5-11,13,18H,12H2,1-4H3,(H,21,22).